The summed E-state index contributed by atoms with van der Waals surface area (Å²) in [5.41, 5.74) is 1.17. The molecule has 1 atom stereocenters. The summed E-state index contributed by atoms with van der Waals surface area (Å²) in [5.74, 6) is 0.0549. The standard InChI is InChI=1S/C23H23F3O3/c24-23(25,26)18-8-5-16(6-9-18)19-12-17(20(22(27)28)11-14-1-2-14)7-10-21(19)29-13-15-3-4-15/h5-10,12,14-15,20H,1-4,11,13H2,(H,27,28). The molecule has 0 bridgehead atoms. The third-order valence-electron chi connectivity index (χ3n) is 5.66. The first-order valence-corrected chi connectivity index (χ1v) is 9.98. The molecule has 1 unspecified atom stereocenters. The van der Waals surface area contributed by atoms with Crippen LogP contribution in [0.3, 0.4) is 0 Å². The molecule has 154 valence electrons. The van der Waals surface area contributed by atoms with E-state index in [1.54, 1.807) is 18.2 Å². The fourth-order valence-corrected chi connectivity index (χ4v) is 3.51. The molecule has 0 spiro atoms. The maximum atomic E-state index is 12.9. The molecule has 0 heterocycles. The molecule has 0 amide bonds. The molecule has 2 aromatic rings. The molecule has 0 aliphatic heterocycles. The van der Waals surface area contributed by atoms with Crippen molar-refractivity contribution in [1.29, 1.82) is 0 Å². The molecular weight excluding hydrogens is 381 g/mol. The van der Waals surface area contributed by atoms with Crippen molar-refractivity contribution in [1.82, 2.24) is 0 Å². The maximum absolute atomic E-state index is 12.9. The molecule has 1 N–H and O–H groups in total. The van der Waals surface area contributed by atoms with Crippen molar-refractivity contribution in [3.63, 3.8) is 0 Å². The van der Waals surface area contributed by atoms with E-state index >= 15 is 0 Å². The van der Waals surface area contributed by atoms with Crippen LogP contribution in [0.1, 0.15) is 49.1 Å². The number of halogens is 3. The topological polar surface area (TPSA) is 46.5 Å². The van der Waals surface area contributed by atoms with E-state index in [0.717, 1.165) is 37.8 Å². The Kier molecular flexibility index (Phi) is 5.28. The van der Waals surface area contributed by atoms with Gasteiger partial charge in [0.1, 0.15) is 5.75 Å². The number of hydrogen-bond donors (Lipinski definition) is 1. The Hall–Kier alpha value is -2.50. The van der Waals surface area contributed by atoms with E-state index in [1.807, 2.05) is 0 Å². The van der Waals surface area contributed by atoms with Crippen LogP contribution in [0.2, 0.25) is 0 Å². The normalized spacial score (nSPS) is 17.8. The third kappa shape index (κ3) is 4.92. The van der Waals surface area contributed by atoms with Gasteiger partial charge in [-0.3, -0.25) is 4.79 Å². The fraction of sp³-hybridized carbons (Fsp3) is 0.435. The average Bonchev–Trinajstić information content (AvgIpc) is 3.59. The van der Waals surface area contributed by atoms with Gasteiger partial charge in [-0.25, -0.2) is 0 Å². The summed E-state index contributed by atoms with van der Waals surface area (Å²) in [4.78, 5) is 11.8. The summed E-state index contributed by atoms with van der Waals surface area (Å²) in [6.45, 7) is 0.567. The Morgan fingerprint density at radius 1 is 1.03 bits per heavy atom. The van der Waals surface area contributed by atoms with Gasteiger partial charge in [0.15, 0.2) is 0 Å². The predicted octanol–water partition coefficient (Wildman–Crippen LogP) is 6.13. The minimum atomic E-state index is -4.40. The molecule has 29 heavy (non-hydrogen) atoms. The van der Waals surface area contributed by atoms with Crippen LogP contribution in [-0.4, -0.2) is 17.7 Å². The summed E-state index contributed by atoms with van der Waals surface area (Å²) in [7, 11) is 0. The van der Waals surface area contributed by atoms with Gasteiger partial charge in [0.2, 0.25) is 0 Å². The van der Waals surface area contributed by atoms with Crippen molar-refractivity contribution < 1.29 is 27.8 Å². The molecule has 0 radical (unpaired) electrons. The maximum Gasteiger partial charge on any atom is 0.416 e. The molecule has 0 saturated heterocycles. The lowest BCUT2D eigenvalue weighted by Gasteiger charge is -2.17. The molecule has 2 fully saturated rings. The average molecular weight is 404 g/mol. The van der Waals surface area contributed by atoms with Gasteiger partial charge in [-0.05, 0) is 66.5 Å². The zero-order valence-electron chi connectivity index (χ0n) is 15.9. The van der Waals surface area contributed by atoms with Crippen molar-refractivity contribution in [2.45, 2.75) is 44.2 Å². The number of carbonyl (C=O) groups is 1. The number of alkyl halides is 3. The van der Waals surface area contributed by atoms with E-state index in [4.69, 9.17) is 4.74 Å². The van der Waals surface area contributed by atoms with Gasteiger partial charge in [0.05, 0.1) is 18.1 Å². The Labute approximate surface area is 167 Å². The van der Waals surface area contributed by atoms with Gasteiger partial charge >= 0.3 is 12.1 Å². The Morgan fingerprint density at radius 3 is 2.24 bits per heavy atom. The summed E-state index contributed by atoms with van der Waals surface area (Å²) in [5, 5.41) is 9.69. The molecule has 2 aromatic carbocycles. The highest BCUT2D eigenvalue weighted by atomic mass is 19.4. The molecule has 3 nitrogen and oxygen atoms in total. The predicted molar refractivity (Wildman–Crippen MR) is 103 cm³/mol. The van der Waals surface area contributed by atoms with Crippen molar-refractivity contribution in [2.24, 2.45) is 11.8 Å². The van der Waals surface area contributed by atoms with Crippen LogP contribution in [0.5, 0.6) is 5.75 Å². The quantitative estimate of drug-likeness (QED) is 0.576. The van der Waals surface area contributed by atoms with Crippen molar-refractivity contribution in [3.05, 3.63) is 53.6 Å². The number of aliphatic carboxylic acids is 1. The van der Waals surface area contributed by atoms with Crippen LogP contribution in [-0.2, 0) is 11.0 Å². The lowest BCUT2D eigenvalue weighted by Crippen LogP contribution is -2.13. The van der Waals surface area contributed by atoms with Gasteiger partial charge in [0, 0.05) is 5.56 Å². The van der Waals surface area contributed by atoms with Crippen LogP contribution in [0.25, 0.3) is 11.1 Å². The van der Waals surface area contributed by atoms with Gasteiger partial charge in [-0.1, -0.05) is 31.0 Å². The lowest BCUT2D eigenvalue weighted by atomic mass is 9.90. The zero-order valence-corrected chi connectivity index (χ0v) is 15.9. The molecular formula is C23H23F3O3. The molecule has 2 aliphatic rings. The Morgan fingerprint density at radius 2 is 1.69 bits per heavy atom. The largest absolute Gasteiger partial charge is 0.493 e. The number of carboxylic acid groups (broad SMARTS) is 1. The number of benzene rings is 2. The molecule has 6 heteroatoms. The van der Waals surface area contributed by atoms with Crippen molar-refractivity contribution in [3.8, 4) is 16.9 Å². The van der Waals surface area contributed by atoms with E-state index in [2.05, 4.69) is 0 Å². The first-order chi connectivity index (χ1) is 13.8. The van der Waals surface area contributed by atoms with E-state index in [1.165, 1.54) is 12.1 Å². The van der Waals surface area contributed by atoms with Crippen LogP contribution in [0, 0.1) is 11.8 Å². The number of rotatable bonds is 8. The summed E-state index contributed by atoms with van der Waals surface area (Å²) in [6, 6.07) is 10.2. The second kappa shape index (κ2) is 7.73. The Bertz CT molecular complexity index is 881. The van der Waals surface area contributed by atoms with Crippen molar-refractivity contribution >= 4 is 5.97 Å². The van der Waals surface area contributed by atoms with E-state index in [-0.39, 0.29) is 0 Å². The molecule has 2 aliphatic carbocycles. The second-order valence-electron chi connectivity index (χ2n) is 8.15. The molecule has 2 saturated carbocycles. The number of ether oxygens (including phenoxy) is 1. The highest BCUT2D eigenvalue weighted by Crippen LogP contribution is 2.41. The number of carboxylic acids is 1. The first-order valence-electron chi connectivity index (χ1n) is 9.98. The smallest absolute Gasteiger partial charge is 0.416 e. The van der Waals surface area contributed by atoms with Crippen LogP contribution >= 0.6 is 0 Å². The second-order valence-corrected chi connectivity index (χ2v) is 8.15. The van der Waals surface area contributed by atoms with E-state index < -0.39 is 23.6 Å². The lowest BCUT2D eigenvalue weighted by molar-refractivity contribution is -0.139. The number of hydrogen-bond acceptors (Lipinski definition) is 2. The summed E-state index contributed by atoms with van der Waals surface area (Å²) >= 11 is 0. The fourth-order valence-electron chi connectivity index (χ4n) is 3.51. The van der Waals surface area contributed by atoms with Gasteiger partial charge in [-0.2, -0.15) is 13.2 Å². The zero-order chi connectivity index (χ0) is 20.6. The van der Waals surface area contributed by atoms with Crippen LogP contribution in [0.15, 0.2) is 42.5 Å². The van der Waals surface area contributed by atoms with Gasteiger partial charge in [0.25, 0.3) is 0 Å². The minimum absolute atomic E-state index is 0.441. The highest BCUT2D eigenvalue weighted by Gasteiger charge is 2.32. The van der Waals surface area contributed by atoms with Gasteiger partial charge < -0.3 is 9.84 Å². The Balaban J connectivity index is 1.68. The van der Waals surface area contributed by atoms with E-state index in [0.29, 0.717) is 47.3 Å². The van der Waals surface area contributed by atoms with E-state index in [9.17, 15) is 23.1 Å². The van der Waals surface area contributed by atoms with Gasteiger partial charge in [-0.15, -0.1) is 0 Å². The monoisotopic (exact) mass is 404 g/mol. The third-order valence-corrected chi connectivity index (χ3v) is 5.66. The molecule has 4 rings (SSSR count). The molecule has 0 aromatic heterocycles. The SMILES string of the molecule is O=C(O)C(CC1CC1)c1ccc(OCC2CC2)c(-c2ccc(C(F)(F)F)cc2)c1. The highest BCUT2D eigenvalue weighted by molar-refractivity contribution is 5.79. The summed E-state index contributed by atoms with van der Waals surface area (Å²) < 4.78 is 44.7. The summed E-state index contributed by atoms with van der Waals surface area (Å²) in [6.07, 6.45) is 0.539. The first kappa shape index (κ1) is 19.8. The minimum Gasteiger partial charge on any atom is -0.493 e. The van der Waals surface area contributed by atoms with Crippen LogP contribution in [0.4, 0.5) is 13.2 Å². The van der Waals surface area contributed by atoms with Crippen molar-refractivity contribution in [2.75, 3.05) is 6.61 Å². The van der Waals surface area contributed by atoms with Crippen LogP contribution < -0.4 is 4.74 Å².